The van der Waals surface area contributed by atoms with Gasteiger partial charge in [0.1, 0.15) is 10.8 Å². The maximum atomic E-state index is 11.9. The predicted octanol–water partition coefficient (Wildman–Crippen LogP) is 4.30. The third-order valence-electron chi connectivity index (χ3n) is 3.03. The van der Waals surface area contributed by atoms with Gasteiger partial charge in [0.05, 0.1) is 21.8 Å². The highest BCUT2D eigenvalue weighted by Crippen LogP contribution is 2.27. The van der Waals surface area contributed by atoms with E-state index in [1.54, 1.807) is 29.5 Å². The molecule has 2 aromatic carbocycles. The minimum absolute atomic E-state index is 0.134. The number of nitrogens with one attached hydrogen (secondary N) is 1. The van der Waals surface area contributed by atoms with Gasteiger partial charge in [0.15, 0.2) is 6.61 Å². The molecule has 7 heteroatoms. The summed E-state index contributed by atoms with van der Waals surface area (Å²) in [5.74, 6) is 0.134. The van der Waals surface area contributed by atoms with E-state index in [4.69, 9.17) is 27.9 Å². The Morgan fingerprint density at radius 3 is 2.87 bits per heavy atom. The van der Waals surface area contributed by atoms with Gasteiger partial charge in [-0.3, -0.25) is 4.79 Å². The summed E-state index contributed by atoms with van der Waals surface area (Å²) in [4.78, 5) is 16.3. The fraction of sp³-hybridized carbons (Fsp3) is 0.125. The minimum atomic E-state index is -0.250. The van der Waals surface area contributed by atoms with Crippen LogP contribution in [0.2, 0.25) is 10.0 Å². The van der Waals surface area contributed by atoms with E-state index in [2.05, 4.69) is 10.3 Å². The van der Waals surface area contributed by atoms with Crippen LogP contribution in [0.25, 0.3) is 10.2 Å². The molecule has 0 aliphatic carbocycles. The molecule has 0 unspecified atom stereocenters. The third-order valence-corrected chi connectivity index (χ3v) is 4.61. The summed E-state index contributed by atoms with van der Waals surface area (Å²) in [7, 11) is 0. The van der Waals surface area contributed by atoms with Crippen molar-refractivity contribution in [3.63, 3.8) is 0 Å². The van der Waals surface area contributed by atoms with E-state index in [1.807, 2.05) is 24.3 Å². The maximum Gasteiger partial charge on any atom is 0.258 e. The Hall–Kier alpha value is -1.82. The zero-order chi connectivity index (χ0) is 16.2. The van der Waals surface area contributed by atoms with E-state index in [0.717, 1.165) is 15.2 Å². The maximum absolute atomic E-state index is 11.9. The first-order valence-corrected chi connectivity index (χ1v) is 8.38. The second-order valence-electron chi connectivity index (χ2n) is 4.72. The van der Waals surface area contributed by atoms with Crippen molar-refractivity contribution in [3.05, 3.63) is 57.5 Å². The average molecular weight is 367 g/mol. The molecular weight excluding hydrogens is 355 g/mol. The average Bonchev–Trinajstić information content (AvgIpc) is 2.96. The van der Waals surface area contributed by atoms with Gasteiger partial charge in [0.25, 0.3) is 5.91 Å². The number of carbonyl (C=O) groups excluding carboxylic acids is 1. The molecule has 1 N–H and O–H groups in total. The van der Waals surface area contributed by atoms with E-state index in [1.165, 1.54) is 0 Å². The van der Waals surface area contributed by atoms with Gasteiger partial charge in [-0.15, -0.1) is 11.3 Å². The topological polar surface area (TPSA) is 51.2 Å². The molecule has 0 radical (unpaired) electrons. The third kappa shape index (κ3) is 4.13. The van der Waals surface area contributed by atoms with Crippen LogP contribution in [0, 0.1) is 0 Å². The van der Waals surface area contributed by atoms with Gasteiger partial charge in [-0.1, -0.05) is 35.3 Å². The van der Waals surface area contributed by atoms with Gasteiger partial charge in [-0.05, 0) is 24.3 Å². The number of nitrogens with zero attached hydrogens (tertiary/aromatic N) is 1. The van der Waals surface area contributed by atoms with Gasteiger partial charge >= 0.3 is 0 Å². The van der Waals surface area contributed by atoms with Crippen molar-refractivity contribution in [2.75, 3.05) is 6.61 Å². The van der Waals surface area contributed by atoms with Crippen LogP contribution in [0.3, 0.4) is 0 Å². The van der Waals surface area contributed by atoms with Crippen LogP contribution in [-0.2, 0) is 11.3 Å². The lowest BCUT2D eigenvalue weighted by Crippen LogP contribution is -2.28. The summed E-state index contributed by atoms with van der Waals surface area (Å²) < 4.78 is 6.48. The highest BCUT2D eigenvalue weighted by Gasteiger charge is 2.08. The number of aromatic nitrogens is 1. The van der Waals surface area contributed by atoms with Crippen LogP contribution in [0.1, 0.15) is 5.01 Å². The van der Waals surface area contributed by atoms with Gasteiger partial charge in [-0.2, -0.15) is 0 Å². The molecule has 0 aliphatic heterocycles. The summed E-state index contributed by atoms with van der Waals surface area (Å²) in [5, 5.41) is 4.53. The van der Waals surface area contributed by atoms with E-state index in [-0.39, 0.29) is 12.5 Å². The number of amides is 1. The molecule has 0 spiro atoms. The zero-order valence-corrected chi connectivity index (χ0v) is 14.2. The fourth-order valence-corrected chi connectivity index (χ4v) is 3.19. The Labute approximate surface area is 147 Å². The number of hydrogen-bond acceptors (Lipinski definition) is 4. The van der Waals surface area contributed by atoms with Crippen molar-refractivity contribution >= 4 is 50.7 Å². The highest BCUT2D eigenvalue weighted by atomic mass is 35.5. The highest BCUT2D eigenvalue weighted by molar-refractivity contribution is 7.18. The first-order valence-electron chi connectivity index (χ1n) is 6.81. The quantitative estimate of drug-likeness (QED) is 0.732. The molecule has 1 heterocycles. The Kier molecular flexibility index (Phi) is 5.00. The van der Waals surface area contributed by atoms with Gasteiger partial charge < -0.3 is 10.1 Å². The number of rotatable bonds is 5. The number of benzene rings is 2. The molecule has 0 aliphatic rings. The van der Waals surface area contributed by atoms with Crippen LogP contribution >= 0.6 is 34.5 Å². The molecule has 4 nitrogen and oxygen atoms in total. The molecule has 3 aromatic rings. The first kappa shape index (κ1) is 16.1. The molecule has 118 valence electrons. The lowest BCUT2D eigenvalue weighted by Gasteiger charge is -2.08. The number of thiazole rings is 1. The van der Waals surface area contributed by atoms with E-state index < -0.39 is 0 Å². The van der Waals surface area contributed by atoms with Crippen molar-refractivity contribution < 1.29 is 9.53 Å². The van der Waals surface area contributed by atoms with Crippen LogP contribution in [-0.4, -0.2) is 17.5 Å². The molecule has 3 rings (SSSR count). The zero-order valence-electron chi connectivity index (χ0n) is 11.9. The number of halogens is 2. The summed E-state index contributed by atoms with van der Waals surface area (Å²) >= 11 is 13.4. The summed E-state index contributed by atoms with van der Waals surface area (Å²) in [6, 6.07) is 12.7. The molecule has 1 aromatic heterocycles. The van der Waals surface area contributed by atoms with Crippen LogP contribution in [0.15, 0.2) is 42.5 Å². The lowest BCUT2D eigenvalue weighted by molar-refractivity contribution is -0.123. The number of hydrogen-bond donors (Lipinski definition) is 1. The van der Waals surface area contributed by atoms with Crippen molar-refractivity contribution in [2.24, 2.45) is 0 Å². The molecule has 0 bridgehead atoms. The lowest BCUT2D eigenvalue weighted by atomic mass is 10.3. The Morgan fingerprint density at radius 2 is 2.04 bits per heavy atom. The Morgan fingerprint density at radius 1 is 1.22 bits per heavy atom. The molecule has 0 fully saturated rings. The van der Waals surface area contributed by atoms with Crippen LogP contribution in [0.4, 0.5) is 0 Å². The van der Waals surface area contributed by atoms with Gasteiger partial charge in [-0.25, -0.2) is 4.98 Å². The van der Waals surface area contributed by atoms with E-state index in [9.17, 15) is 4.79 Å². The van der Waals surface area contributed by atoms with Crippen molar-refractivity contribution in [2.45, 2.75) is 6.54 Å². The second-order valence-corrected chi connectivity index (χ2v) is 6.67. The van der Waals surface area contributed by atoms with Gasteiger partial charge in [0.2, 0.25) is 0 Å². The number of ether oxygens (including phenoxy) is 1. The van der Waals surface area contributed by atoms with Crippen molar-refractivity contribution in [3.8, 4) is 5.75 Å². The second kappa shape index (κ2) is 7.17. The smallest absolute Gasteiger partial charge is 0.258 e. The summed E-state index contributed by atoms with van der Waals surface area (Å²) in [5.41, 5.74) is 0.934. The molecule has 0 atom stereocenters. The Bertz CT molecular complexity index is 818. The number of fused-ring (bicyclic) bond motifs is 1. The monoisotopic (exact) mass is 366 g/mol. The predicted molar refractivity (Wildman–Crippen MR) is 93.4 cm³/mol. The first-order chi connectivity index (χ1) is 11.1. The molecule has 0 saturated heterocycles. The molecular formula is C16H12Cl2N2O2S. The SMILES string of the molecule is O=C(COc1cc(Cl)ccc1Cl)NCc1nc2ccccc2s1. The molecule has 1 amide bonds. The normalized spacial score (nSPS) is 10.7. The van der Waals surface area contributed by atoms with E-state index >= 15 is 0 Å². The van der Waals surface area contributed by atoms with Crippen molar-refractivity contribution in [1.29, 1.82) is 0 Å². The van der Waals surface area contributed by atoms with Crippen LogP contribution < -0.4 is 10.1 Å². The van der Waals surface area contributed by atoms with E-state index in [0.29, 0.717) is 22.3 Å². The Balaban J connectivity index is 1.54. The van der Waals surface area contributed by atoms with Crippen molar-refractivity contribution in [1.82, 2.24) is 10.3 Å². The molecule has 0 saturated carbocycles. The standard InChI is InChI=1S/C16H12Cl2N2O2S/c17-10-5-6-11(18)13(7-10)22-9-15(21)19-8-16-20-12-3-1-2-4-14(12)23-16/h1-7H,8-9H2,(H,19,21). The number of para-hydroxylation sites is 1. The minimum Gasteiger partial charge on any atom is -0.482 e. The largest absolute Gasteiger partial charge is 0.482 e. The number of carbonyl (C=O) groups is 1. The summed E-state index contributed by atoms with van der Waals surface area (Å²) in [6.45, 7) is 0.232. The van der Waals surface area contributed by atoms with Gasteiger partial charge in [0, 0.05) is 11.1 Å². The summed E-state index contributed by atoms with van der Waals surface area (Å²) in [6.07, 6.45) is 0. The fourth-order valence-electron chi connectivity index (χ4n) is 1.95. The van der Waals surface area contributed by atoms with Crippen LogP contribution in [0.5, 0.6) is 5.75 Å². The molecule has 23 heavy (non-hydrogen) atoms.